The molecule has 1 fully saturated rings. The molecule has 0 saturated heterocycles. The average Bonchev–Trinajstić information content (AvgIpc) is 3.38. The number of thiazole rings is 1. The van der Waals surface area contributed by atoms with Crippen LogP contribution in [-0.4, -0.2) is 35.5 Å². The summed E-state index contributed by atoms with van der Waals surface area (Å²) in [5.41, 5.74) is 2.39. The monoisotopic (exact) mass is 515 g/mol. The van der Waals surface area contributed by atoms with E-state index in [1.54, 1.807) is 18.6 Å². The van der Waals surface area contributed by atoms with E-state index in [1.165, 1.54) is 29.2 Å². The second-order valence-electron chi connectivity index (χ2n) is 6.97. The number of ether oxygens (including phenoxy) is 1. The molecule has 30 heavy (non-hydrogen) atoms. The molecule has 2 aromatic rings. The van der Waals surface area contributed by atoms with Crippen LogP contribution in [0.3, 0.4) is 0 Å². The number of rotatable bonds is 8. The van der Waals surface area contributed by atoms with Crippen LogP contribution < -0.4 is 10.6 Å². The Balaban J connectivity index is 1.49. The number of thioether (sulfide) groups is 1. The molecule has 1 heterocycles. The first kappa shape index (κ1) is 23.0. The molecule has 0 radical (unpaired) electrons. The van der Waals surface area contributed by atoms with Gasteiger partial charge in [-0.1, -0.05) is 33.8 Å². The van der Waals surface area contributed by atoms with Crippen molar-refractivity contribution < 1.29 is 18.7 Å². The zero-order valence-corrected chi connectivity index (χ0v) is 19.6. The van der Waals surface area contributed by atoms with E-state index in [0.29, 0.717) is 6.54 Å². The Morgan fingerprint density at radius 3 is 2.97 bits per heavy atom. The lowest BCUT2D eigenvalue weighted by Gasteiger charge is -2.18. The number of nitrogens with one attached hydrogen (secondary N) is 2. The Morgan fingerprint density at radius 1 is 1.43 bits per heavy atom. The molecule has 3 unspecified atom stereocenters. The molecule has 2 N–H and O–H groups in total. The lowest BCUT2D eigenvalue weighted by Crippen LogP contribution is -2.46. The topological polar surface area (TPSA) is 80.3 Å². The van der Waals surface area contributed by atoms with E-state index in [-0.39, 0.29) is 24.3 Å². The molecule has 6 nitrogen and oxygen atoms in total. The van der Waals surface area contributed by atoms with Crippen molar-refractivity contribution in [3.8, 4) is 0 Å². The summed E-state index contributed by atoms with van der Waals surface area (Å²) in [5, 5.41) is 4.67. The van der Waals surface area contributed by atoms with Gasteiger partial charge in [-0.2, -0.15) is 0 Å². The van der Waals surface area contributed by atoms with Gasteiger partial charge < -0.3 is 15.4 Å². The molecule has 10 heteroatoms. The molecule has 0 spiro atoms. The van der Waals surface area contributed by atoms with Crippen LogP contribution in [0.25, 0.3) is 0 Å². The van der Waals surface area contributed by atoms with Crippen molar-refractivity contribution in [1.29, 1.82) is 0 Å². The largest absolute Gasteiger partial charge is 0.464 e. The summed E-state index contributed by atoms with van der Waals surface area (Å²) in [4.78, 5) is 28.5. The van der Waals surface area contributed by atoms with Gasteiger partial charge in [0.15, 0.2) is 5.37 Å². The quantitative estimate of drug-likeness (QED) is 0.296. The molecule has 1 saturated carbocycles. The number of urea groups is 1. The molecule has 1 aromatic carbocycles. The van der Waals surface area contributed by atoms with E-state index in [1.807, 2.05) is 12.1 Å². The second kappa shape index (κ2) is 11.1. The Morgan fingerprint density at radius 2 is 2.27 bits per heavy atom. The van der Waals surface area contributed by atoms with Gasteiger partial charge in [-0.25, -0.2) is 14.0 Å². The summed E-state index contributed by atoms with van der Waals surface area (Å²) < 4.78 is 20.8. The van der Waals surface area contributed by atoms with E-state index in [4.69, 9.17) is 4.74 Å². The summed E-state index contributed by atoms with van der Waals surface area (Å²) in [6, 6.07) is 4.74. The summed E-state index contributed by atoms with van der Waals surface area (Å²) in [6.45, 7) is 2.43. The van der Waals surface area contributed by atoms with E-state index in [9.17, 15) is 14.0 Å². The van der Waals surface area contributed by atoms with Crippen molar-refractivity contribution >= 4 is 51.0 Å². The molecular formula is C20H23BrFN3O3S2. The van der Waals surface area contributed by atoms with Gasteiger partial charge in [0.1, 0.15) is 5.82 Å². The minimum Gasteiger partial charge on any atom is -0.464 e. The van der Waals surface area contributed by atoms with Crippen LogP contribution in [0.2, 0.25) is 0 Å². The fourth-order valence-corrected chi connectivity index (χ4v) is 5.52. The van der Waals surface area contributed by atoms with E-state index in [2.05, 4.69) is 31.5 Å². The van der Waals surface area contributed by atoms with Crippen LogP contribution in [0.4, 0.5) is 9.18 Å². The van der Waals surface area contributed by atoms with Crippen LogP contribution in [0, 0.1) is 11.7 Å². The van der Waals surface area contributed by atoms with Gasteiger partial charge in [-0.3, -0.25) is 4.98 Å². The van der Waals surface area contributed by atoms with E-state index >= 15 is 0 Å². The normalized spacial score (nSPS) is 19.3. The van der Waals surface area contributed by atoms with Crippen molar-refractivity contribution in [3.63, 3.8) is 0 Å². The van der Waals surface area contributed by atoms with E-state index < -0.39 is 17.4 Å². The number of amides is 2. The maximum atomic E-state index is 14.2. The number of hydrogen-bond acceptors (Lipinski definition) is 6. The van der Waals surface area contributed by atoms with E-state index in [0.717, 1.165) is 33.5 Å². The smallest absolute Gasteiger partial charge is 0.339 e. The lowest BCUT2D eigenvalue weighted by atomic mass is 9.96. The number of carbonyl (C=O) groups is 2. The maximum Gasteiger partial charge on any atom is 0.339 e. The molecule has 2 amide bonds. The summed E-state index contributed by atoms with van der Waals surface area (Å²) in [7, 11) is 0. The Kier molecular flexibility index (Phi) is 8.52. The van der Waals surface area contributed by atoms with Crippen molar-refractivity contribution in [2.75, 3.05) is 13.2 Å². The van der Waals surface area contributed by atoms with Crippen LogP contribution in [0.5, 0.6) is 0 Å². The first-order valence-corrected chi connectivity index (χ1v) is 12.2. The van der Waals surface area contributed by atoms with Gasteiger partial charge in [0, 0.05) is 11.0 Å². The highest BCUT2D eigenvalue weighted by molar-refractivity contribution is 9.10. The van der Waals surface area contributed by atoms with Gasteiger partial charge in [-0.15, -0.1) is 11.3 Å². The Bertz CT molecular complexity index is 869. The third kappa shape index (κ3) is 6.42. The number of carbonyl (C=O) groups excluding carboxylic acids is 2. The predicted molar refractivity (Wildman–Crippen MR) is 119 cm³/mol. The third-order valence-corrected chi connectivity index (χ3v) is 7.42. The molecule has 3 atom stereocenters. The zero-order chi connectivity index (χ0) is 21.5. The predicted octanol–water partition coefficient (Wildman–Crippen LogP) is 4.91. The summed E-state index contributed by atoms with van der Waals surface area (Å²) in [5.74, 6) is -0.281. The van der Waals surface area contributed by atoms with Gasteiger partial charge in [0.2, 0.25) is 0 Å². The Hall–Kier alpha value is -1.65. The molecule has 0 aliphatic heterocycles. The molecule has 162 valence electrons. The van der Waals surface area contributed by atoms with Gasteiger partial charge in [0.25, 0.3) is 0 Å². The van der Waals surface area contributed by atoms with Crippen molar-refractivity contribution in [1.82, 2.24) is 15.6 Å². The highest BCUT2D eigenvalue weighted by atomic mass is 79.9. The van der Waals surface area contributed by atoms with Gasteiger partial charge >= 0.3 is 12.0 Å². The SMILES string of the molecule is CCOC(=O)C(NC(=O)NCC1CCC(c2ccc(Br)cc2F)C1)Sc1cncs1. The van der Waals surface area contributed by atoms with Crippen LogP contribution in [-0.2, 0) is 9.53 Å². The average molecular weight is 516 g/mol. The zero-order valence-electron chi connectivity index (χ0n) is 16.4. The fraction of sp³-hybridized carbons (Fsp3) is 0.450. The number of halogens is 2. The number of benzene rings is 1. The van der Waals surface area contributed by atoms with Gasteiger partial charge in [-0.05, 0) is 55.7 Å². The van der Waals surface area contributed by atoms with Crippen molar-refractivity contribution in [2.24, 2.45) is 5.92 Å². The maximum absolute atomic E-state index is 14.2. The minimum absolute atomic E-state index is 0.155. The standard InChI is InChI=1S/C20H23BrFN3O3S2/c1-2-28-19(26)18(30-17-10-23-11-29-17)25-20(27)24-9-12-3-4-13(7-12)15-6-5-14(21)8-16(15)22/h5-6,8,10-13,18H,2-4,7,9H2,1H3,(H2,24,25,27). The molecule has 1 aliphatic rings. The first-order valence-electron chi connectivity index (χ1n) is 9.67. The number of esters is 1. The highest BCUT2D eigenvalue weighted by Crippen LogP contribution is 2.39. The highest BCUT2D eigenvalue weighted by Gasteiger charge is 2.29. The second-order valence-corrected chi connectivity index (χ2v) is 10.2. The first-order chi connectivity index (χ1) is 14.5. The Labute approximate surface area is 191 Å². The fourth-order valence-electron chi connectivity index (χ4n) is 3.52. The third-order valence-electron chi connectivity index (χ3n) is 4.90. The lowest BCUT2D eigenvalue weighted by molar-refractivity contribution is -0.142. The number of nitrogens with zero attached hydrogens (tertiary/aromatic N) is 1. The van der Waals surface area contributed by atoms with Crippen LogP contribution >= 0.6 is 39.0 Å². The van der Waals surface area contributed by atoms with Crippen molar-refractivity contribution in [3.05, 3.63) is 45.8 Å². The molecule has 1 aliphatic carbocycles. The van der Waals surface area contributed by atoms with Crippen LogP contribution in [0.15, 0.2) is 38.6 Å². The summed E-state index contributed by atoms with van der Waals surface area (Å²) in [6.07, 6.45) is 4.26. The van der Waals surface area contributed by atoms with Crippen molar-refractivity contribution in [2.45, 2.75) is 41.7 Å². The van der Waals surface area contributed by atoms with Crippen LogP contribution in [0.1, 0.15) is 37.7 Å². The molecular weight excluding hydrogens is 493 g/mol. The number of hydrogen-bond donors (Lipinski definition) is 2. The molecule has 3 rings (SSSR count). The summed E-state index contributed by atoms with van der Waals surface area (Å²) >= 11 is 5.86. The number of aromatic nitrogens is 1. The van der Waals surface area contributed by atoms with Gasteiger partial charge in [0.05, 0.1) is 22.5 Å². The minimum atomic E-state index is -0.849. The molecule has 0 bridgehead atoms. The molecule has 1 aromatic heterocycles.